The van der Waals surface area contributed by atoms with Crippen molar-refractivity contribution in [1.29, 1.82) is 0 Å². The molecule has 0 saturated heterocycles. The van der Waals surface area contributed by atoms with E-state index in [0.29, 0.717) is 17.9 Å². The van der Waals surface area contributed by atoms with Crippen molar-refractivity contribution in [3.8, 4) is 0 Å². The van der Waals surface area contributed by atoms with E-state index in [-0.39, 0.29) is 11.5 Å². The van der Waals surface area contributed by atoms with Gasteiger partial charge in [-0.05, 0) is 55.8 Å². The van der Waals surface area contributed by atoms with Crippen LogP contribution in [0.1, 0.15) is 78.6 Å². The Morgan fingerprint density at radius 3 is 2.05 bits per heavy atom. The molecular weight excluding hydrogens is 246 g/mol. The van der Waals surface area contributed by atoms with Crippen LogP contribution in [0.25, 0.3) is 0 Å². The van der Waals surface area contributed by atoms with E-state index >= 15 is 0 Å². The van der Waals surface area contributed by atoms with Gasteiger partial charge in [-0.15, -0.1) is 0 Å². The average Bonchev–Trinajstić information content (AvgIpc) is 2.46. The van der Waals surface area contributed by atoms with Crippen LogP contribution in [0.5, 0.6) is 0 Å². The maximum atomic E-state index is 11.0. The predicted octanol–water partition coefficient (Wildman–Crippen LogP) is 4.11. The number of aliphatic hydroxyl groups is 1. The fourth-order valence-corrected chi connectivity index (χ4v) is 4.68. The van der Waals surface area contributed by atoms with E-state index in [1.807, 2.05) is 0 Å². The summed E-state index contributed by atoms with van der Waals surface area (Å²) in [4.78, 5) is 0. The molecule has 2 rings (SSSR count). The van der Waals surface area contributed by atoms with Gasteiger partial charge in [-0.25, -0.2) is 0 Å². The Hall–Kier alpha value is -0.0800. The fourth-order valence-electron chi connectivity index (χ4n) is 4.68. The van der Waals surface area contributed by atoms with E-state index in [9.17, 15) is 5.11 Å². The first-order valence-electron chi connectivity index (χ1n) is 8.77. The maximum absolute atomic E-state index is 11.0. The first kappa shape index (κ1) is 16.3. The van der Waals surface area contributed by atoms with Gasteiger partial charge in [0.25, 0.3) is 0 Å². The molecule has 0 amide bonds. The molecule has 0 bridgehead atoms. The van der Waals surface area contributed by atoms with E-state index in [4.69, 9.17) is 5.73 Å². The Kier molecular flexibility index (Phi) is 5.18. The summed E-state index contributed by atoms with van der Waals surface area (Å²) < 4.78 is 0. The van der Waals surface area contributed by atoms with Crippen molar-refractivity contribution < 1.29 is 5.11 Å². The lowest BCUT2D eigenvalue weighted by molar-refractivity contribution is -0.0545. The van der Waals surface area contributed by atoms with Crippen molar-refractivity contribution in [2.75, 3.05) is 6.54 Å². The van der Waals surface area contributed by atoms with Gasteiger partial charge in [-0.3, -0.25) is 0 Å². The molecule has 0 aromatic heterocycles. The molecule has 0 aromatic carbocycles. The Morgan fingerprint density at radius 1 is 1.05 bits per heavy atom. The summed E-state index contributed by atoms with van der Waals surface area (Å²) in [6.45, 7) is 7.75. The zero-order chi connectivity index (χ0) is 14.8. The second-order valence-corrected chi connectivity index (χ2v) is 8.55. The highest BCUT2D eigenvalue weighted by Crippen LogP contribution is 2.47. The zero-order valence-corrected chi connectivity index (χ0v) is 13.8. The van der Waals surface area contributed by atoms with Crippen molar-refractivity contribution in [2.45, 2.75) is 84.7 Å². The molecule has 2 heteroatoms. The molecule has 118 valence electrons. The van der Waals surface area contributed by atoms with Gasteiger partial charge in [0.2, 0.25) is 0 Å². The van der Waals surface area contributed by atoms with Crippen molar-refractivity contribution >= 4 is 0 Å². The molecule has 0 radical (unpaired) electrons. The van der Waals surface area contributed by atoms with Crippen LogP contribution in [0.4, 0.5) is 0 Å². The lowest BCUT2D eigenvalue weighted by Gasteiger charge is -2.46. The van der Waals surface area contributed by atoms with Gasteiger partial charge in [0.15, 0.2) is 0 Å². The Bertz CT molecular complexity index is 293. The fraction of sp³-hybridized carbons (Fsp3) is 1.00. The smallest absolute Gasteiger partial charge is 0.0636 e. The van der Waals surface area contributed by atoms with E-state index in [0.717, 1.165) is 18.8 Å². The van der Waals surface area contributed by atoms with Crippen molar-refractivity contribution in [3.63, 3.8) is 0 Å². The molecule has 0 heterocycles. The quantitative estimate of drug-likeness (QED) is 0.818. The van der Waals surface area contributed by atoms with Gasteiger partial charge in [0, 0.05) is 12.0 Å². The normalized spacial score (nSPS) is 32.9. The highest BCUT2D eigenvalue weighted by atomic mass is 16.3. The zero-order valence-electron chi connectivity index (χ0n) is 13.8. The molecule has 1 unspecified atom stereocenters. The Labute approximate surface area is 125 Å². The number of hydrogen-bond donors (Lipinski definition) is 2. The molecule has 2 nitrogen and oxygen atoms in total. The third-order valence-corrected chi connectivity index (χ3v) is 6.33. The minimum atomic E-state index is -0.159. The largest absolute Gasteiger partial charge is 0.392 e. The van der Waals surface area contributed by atoms with Crippen molar-refractivity contribution in [2.24, 2.45) is 28.4 Å². The Balaban J connectivity index is 1.95. The van der Waals surface area contributed by atoms with E-state index < -0.39 is 0 Å². The van der Waals surface area contributed by atoms with Crippen LogP contribution in [0.3, 0.4) is 0 Å². The maximum Gasteiger partial charge on any atom is 0.0636 e. The van der Waals surface area contributed by atoms with Gasteiger partial charge in [-0.1, -0.05) is 40.0 Å². The highest BCUT2D eigenvalue weighted by Gasteiger charge is 2.43. The molecule has 3 N–H and O–H groups in total. The molecule has 2 aliphatic rings. The van der Waals surface area contributed by atoms with Gasteiger partial charge < -0.3 is 10.8 Å². The first-order chi connectivity index (χ1) is 9.39. The summed E-state index contributed by atoms with van der Waals surface area (Å²) in [6.07, 6.45) is 10.9. The lowest BCUT2D eigenvalue weighted by atomic mass is 9.62. The Morgan fingerprint density at radius 2 is 1.60 bits per heavy atom. The van der Waals surface area contributed by atoms with E-state index in [1.54, 1.807) is 0 Å². The summed E-state index contributed by atoms with van der Waals surface area (Å²) in [5, 5.41) is 11.0. The van der Waals surface area contributed by atoms with Crippen LogP contribution in [0, 0.1) is 22.7 Å². The second-order valence-electron chi connectivity index (χ2n) is 8.55. The number of aliphatic hydroxyl groups excluding tert-OH is 1. The minimum absolute atomic E-state index is 0.0392. The molecule has 20 heavy (non-hydrogen) atoms. The third kappa shape index (κ3) is 3.39. The SMILES string of the molecule is CC(C)(C)C1CCC(C(O)C2(CN)CCCCC2)CC1. The van der Waals surface area contributed by atoms with E-state index in [1.165, 1.54) is 44.9 Å². The number of hydrogen-bond acceptors (Lipinski definition) is 2. The second kappa shape index (κ2) is 6.36. The molecule has 0 spiro atoms. The molecule has 0 aromatic rings. The van der Waals surface area contributed by atoms with Gasteiger partial charge in [0.05, 0.1) is 6.10 Å². The van der Waals surface area contributed by atoms with Crippen LogP contribution < -0.4 is 5.73 Å². The minimum Gasteiger partial charge on any atom is -0.392 e. The van der Waals surface area contributed by atoms with E-state index in [2.05, 4.69) is 20.8 Å². The monoisotopic (exact) mass is 281 g/mol. The summed E-state index contributed by atoms with van der Waals surface area (Å²) in [6, 6.07) is 0. The lowest BCUT2D eigenvalue weighted by Crippen LogP contribution is -2.48. The van der Waals surface area contributed by atoms with Crippen LogP contribution in [-0.2, 0) is 0 Å². The van der Waals surface area contributed by atoms with Crippen LogP contribution in [0.15, 0.2) is 0 Å². The number of rotatable bonds is 3. The summed E-state index contributed by atoms with van der Waals surface area (Å²) >= 11 is 0. The van der Waals surface area contributed by atoms with Crippen LogP contribution in [-0.4, -0.2) is 17.8 Å². The molecule has 1 atom stereocenters. The van der Waals surface area contributed by atoms with Gasteiger partial charge in [0.1, 0.15) is 0 Å². The van der Waals surface area contributed by atoms with Crippen molar-refractivity contribution in [1.82, 2.24) is 0 Å². The van der Waals surface area contributed by atoms with Gasteiger partial charge in [-0.2, -0.15) is 0 Å². The third-order valence-electron chi connectivity index (χ3n) is 6.33. The molecule has 0 aliphatic heterocycles. The predicted molar refractivity (Wildman–Crippen MR) is 85.5 cm³/mol. The topological polar surface area (TPSA) is 46.2 Å². The summed E-state index contributed by atoms with van der Waals surface area (Å²) in [5.41, 5.74) is 6.54. The summed E-state index contributed by atoms with van der Waals surface area (Å²) in [5.74, 6) is 1.32. The molecule has 2 fully saturated rings. The van der Waals surface area contributed by atoms with Crippen LogP contribution >= 0.6 is 0 Å². The standard InChI is InChI=1S/C18H35NO/c1-17(2,3)15-9-7-14(8-10-15)16(20)18(13-19)11-5-4-6-12-18/h14-16,20H,4-13,19H2,1-3H3. The van der Waals surface area contributed by atoms with Crippen LogP contribution in [0.2, 0.25) is 0 Å². The highest BCUT2D eigenvalue weighted by molar-refractivity contribution is 4.95. The molecular formula is C18H35NO. The number of nitrogens with two attached hydrogens (primary N) is 1. The summed E-state index contributed by atoms with van der Waals surface area (Å²) in [7, 11) is 0. The van der Waals surface area contributed by atoms with Crippen molar-refractivity contribution in [3.05, 3.63) is 0 Å². The van der Waals surface area contributed by atoms with Gasteiger partial charge >= 0.3 is 0 Å². The molecule has 2 aliphatic carbocycles. The molecule has 2 saturated carbocycles. The average molecular weight is 281 g/mol. The first-order valence-corrected chi connectivity index (χ1v) is 8.77.